The number of hydrogen-bond donors (Lipinski definition) is 0. The van der Waals surface area contributed by atoms with Crippen molar-refractivity contribution < 1.29 is 14.3 Å². The van der Waals surface area contributed by atoms with E-state index in [-0.39, 0.29) is 17.7 Å². The van der Waals surface area contributed by atoms with Gasteiger partial charge in [-0.1, -0.05) is 6.07 Å². The van der Waals surface area contributed by atoms with Crippen molar-refractivity contribution >= 4 is 23.2 Å². The molecule has 4 rings (SSSR count). The number of thiophene rings is 1. The molecule has 1 saturated carbocycles. The molecule has 2 aromatic heterocycles. The molecule has 0 bridgehead atoms. The highest BCUT2D eigenvalue weighted by Gasteiger charge is 2.46. The topological polar surface area (TPSA) is 67.7 Å². The molecule has 2 atom stereocenters. The minimum atomic E-state index is -0.0927. The molecule has 1 saturated heterocycles. The Kier molecular flexibility index (Phi) is 4.44. The van der Waals surface area contributed by atoms with Gasteiger partial charge in [-0.3, -0.25) is 14.3 Å². The number of aromatic nitrogens is 2. The zero-order valence-corrected chi connectivity index (χ0v) is 15.7. The lowest BCUT2D eigenvalue weighted by molar-refractivity contribution is -0.134. The number of nitrogens with zero attached hydrogens (tertiary/aromatic N) is 4. The van der Waals surface area contributed by atoms with Crippen LogP contribution in [-0.2, 0) is 11.8 Å². The average molecular weight is 374 g/mol. The Morgan fingerprint density at radius 1 is 1.23 bits per heavy atom. The molecule has 2 fully saturated rings. The third kappa shape index (κ3) is 3.09. The van der Waals surface area contributed by atoms with E-state index in [0.29, 0.717) is 43.5 Å². The summed E-state index contributed by atoms with van der Waals surface area (Å²) in [6, 6.07) is 4.15. The van der Waals surface area contributed by atoms with Gasteiger partial charge in [-0.2, -0.15) is 0 Å². The summed E-state index contributed by atoms with van der Waals surface area (Å²) in [4.78, 5) is 30.4. The van der Waals surface area contributed by atoms with Crippen LogP contribution in [0, 0.1) is 5.92 Å². The van der Waals surface area contributed by atoms with Crippen molar-refractivity contribution in [1.29, 1.82) is 0 Å². The Balaban J connectivity index is 1.34. The number of amides is 2. The van der Waals surface area contributed by atoms with Crippen molar-refractivity contribution in [2.24, 2.45) is 13.0 Å². The molecule has 26 heavy (non-hydrogen) atoms. The molecule has 0 N–H and O–H groups in total. The number of ether oxygens (including phenoxy) is 1. The zero-order valence-electron chi connectivity index (χ0n) is 14.9. The number of rotatable bonds is 4. The fraction of sp³-hybridized carbons (Fsp3) is 0.500. The molecule has 1 unspecified atom stereocenters. The van der Waals surface area contributed by atoms with Gasteiger partial charge >= 0.3 is 0 Å². The van der Waals surface area contributed by atoms with Crippen LogP contribution in [0.5, 0.6) is 5.88 Å². The second-order valence-corrected chi connectivity index (χ2v) is 7.79. The molecule has 1 aliphatic heterocycles. The Morgan fingerprint density at radius 3 is 2.62 bits per heavy atom. The Bertz CT molecular complexity index is 809. The summed E-state index contributed by atoms with van der Waals surface area (Å²) in [5, 5.41) is 6.20. The molecular weight excluding hydrogens is 352 g/mol. The van der Waals surface area contributed by atoms with Crippen molar-refractivity contribution in [1.82, 2.24) is 19.6 Å². The first-order chi connectivity index (χ1) is 12.6. The molecule has 0 radical (unpaired) electrons. The molecule has 2 aromatic rings. The van der Waals surface area contributed by atoms with Gasteiger partial charge in [0, 0.05) is 56.1 Å². The van der Waals surface area contributed by atoms with Crippen molar-refractivity contribution in [2.75, 3.05) is 33.3 Å². The first-order valence-corrected chi connectivity index (χ1v) is 9.65. The summed E-state index contributed by atoms with van der Waals surface area (Å²) in [5.74, 6) is 0.989. The first-order valence-electron chi connectivity index (χ1n) is 8.77. The van der Waals surface area contributed by atoms with E-state index in [1.54, 1.807) is 34.2 Å². The highest BCUT2D eigenvalue weighted by Crippen LogP contribution is 2.50. The summed E-state index contributed by atoms with van der Waals surface area (Å²) in [5.41, 5.74) is 0.467. The van der Waals surface area contributed by atoms with Gasteiger partial charge in [0.25, 0.3) is 5.91 Å². The summed E-state index contributed by atoms with van der Waals surface area (Å²) in [6.45, 7) is 2.25. The summed E-state index contributed by atoms with van der Waals surface area (Å²) in [6.07, 6.45) is 2.62. The van der Waals surface area contributed by atoms with E-state index in [1.807, 2.05) is 11.0 Å². The average Bonchev–Trinajstić information content (AvgIpc) is 3.09. The van der Waals surface area contributed by atoms with Crippen LogP contribution in [0.25, 0.3) is 0 Å². The van der Waals surface area contributed by atoms with E-state index >= 15 is 0 Å². The van der Waals surface area contributed by atoms with Gasteiger partial charge in [0.05, 0.1) is 7.11 Å². The standard InChI is InChI=1S/C18H22N4O3S/c1-20-11-14(16(19-20)25-2)18(24)22-7-5-21(6-8-22)17(23)13-10-12(13)15-4-3-9-26-15/h3-4,9,11-13H,5-8,10H2,1-2H3/t12?,13-/m1/s1. The lowest BCUT2D eigenvalue weighted by Crippen LogP contribution is -2.51. The maximum absolute atomic E-state index is 12.7. The first kappa shape index (κ1) is 17.1. The number of methoxy groups -OCH3 is 1. The monoisotopic (exact) mass is 374 g/mol. The van der Waals surface area contributed by atoms with E-state index in [9.17, 15) is 9.59 Å². The maximum Gasteiger partial charge on any atom is 0.261 e. The Morgan fingerprint density at radius 2 is 1.96 bits per heavy atom. The second kappa shape index (κ2) is 6.75. The van der Waals surface area contributed by atoms with E-state index in [4.69, 9.17) is 4.74 Å². The molecule has 8 heteroatoms. The number of aryl methyl sites for hydroxylation is 1. The maximum atomic E-state index is 12.7. The van der Waals surface area contributed by atoms with Crippen LogP contribution >= 0.6 is 11.3 Å². The lowest BCUT2D eigenvalue weighted by atomic mass is 10.2. The van der Waals surface area contributed by atoms with Crippen molar-refractivity contribution in [3.05, 3.63) is 34.2 Å². The SMILES string of the molecule is COc1nn(C)cc1C(=O)N1CCN(C(=O)[C@@H]2CC2c2cccs2)CC1. The third-order valence-electron chi connectivity index (χ3n) is 5.11. The summed E-state index contributed by atoms with van der Waals surface area (Å²) >= 11 is 1.73. The van der Waals surface area contributed by atoms with Crippen molar-refractivity contribution in [2.45, 2.75) is 12.3 Å². The van der Waals surface area contributed by atoms with Crippen LogP contribution in [0.1, 0.15) is 27.6 Å². The minimum absolute atomic E-state index is 0.0927. The molecule has 3 heterocycles. The molecule has 2 aliphatic rings. The van der Waals surface area contributed by atoms with Crippen LogP contribution in [0.3, 0.4) is 0 Å². The van der Waals surface area contributed by atoms with E-state index in [2.05, 4.69) is 16.5 Å². The molecule has 1 aliphatic carbocycles. The number of piperazine rings is 1. The largest absolute Gasteiger partial charge is 0.479 e. The van der Waals surface area contributed by atoms with Gasteiger partial charge < -0.3 is 14.5 Å². The van der Waals surface area contributed by atoms with Gasteiger partial charge in [-0.05, 0) is 17.9 Å². The molecule has 138 valence electrons. The second-order valence-electron chi connectivity index (χ2n) is 6.81. The van der Waals surface area contributed by atoms with Crippen molar-refractivity contribution in [3.8, 4) is 5.88 Å². The molecule has 0 spiro atoms. The van der Waals surface area contributed by atoms with E-state index in [1.165, 1.54) is 12.0 Å². The number of carbonyl (C=O) groups is 2. The third-order valence-corrected chi connectivity index (χ3v) is 6.12. The Labute approximate surface area is 156 Å². The van der Waals surface area contributed by atoms with E-state index < -0.39 is 0 Å². The van der Waals surface area contributed by atoms with Crippen LogP contribution in [-0.4, -0.2) is 64.7 Å². The van der Waals surface area contributed by atoms with Crippen molar-refractivity contribution in [3.63, 3.8) is 0 Å². The predicted octanol–water partition coefficient (Wildman–Crippen LogP) is 1.58. The Hall–Kier alpha value is -2.35. The van der Waals surface area contributed by atoms with Gasteiger partial charge in [-0.25, -0.2) is 0 Å². The lowest BCUT2D eigenvalue weighted by Gasteiger charge is -2.34. The molecular formula is C18H22N4O3S. The molecule has 2 amide bonds. The zero-order chi connectivity index (χ0) is 18.3. The van der Waals surface area contributed by atoms with Gasteiger partial charge in [-0.15, -0.1) is 16.4 Å². The number of carbonyl (C=O) groups excluding carboxylic acids is 2. The van der Waals surface area contributed by atoms with E-state index in [0.717, 1.165) is 6.42 Å². The summed E-state index contributed by atoms with van der Waals surface area (Å²) < 4.78 is 6.75. The van der Waals surface area contributed by atoms with Crippen LogP contribution in [0.4, 0.5) is 0 Å². The quantitative estimate of drug-likeness (QED) is 0.815. The number of hydrogen-bond acceptors (Lipinski definition) is 5. The van der Waals surface area contributed by atoms with Gasteiger partial charge in [0.1, 0.15) is 5.56 Å². The highest BCUT2D eigenvalue weighted by atomic mass is 32.1. The fourth-order valence-corrected chi connectivity index (χ4v) is 4.49. The van der Waals surface area contributed by atoms with Crippen LogP contribution < -0.4 is 4.74 Å². The predicted molar refractivity (Wildman–Crippen MR) is 97.4 cm³/mol. The smallest absolute Gasteiger partial charge is 0.261 e. The minimum Gasteiger partial charge on any atom is -0.479 e. The normalized spacial score (nSPS) is 22.4. The molecule has 0 aromatic carbocycles. The van der Waals surface area contributed by atoms with Gasteiger partial charge in [0.2, 0.25) is 11.8 Å². The molecule has 7 nitrogen and oxygen atoms in total. The van der Waals surface area contributed by atoms with Crippen LogP contribution in [0.2, 0.25) is 0 Å². The fourth-order valence-electron chi connectivity index (χ4n) is 3.58. The summed E-state index contributed by atoms with van der Waals surface area (Å²) in [7, 11) is 3.27. The van der Waals surface area contributed by atoms with Crippen LogP contribution in [0.15, 0.2) is 23.7 Å². The van der Waals surface area contributed by atoms with Gasteiger partial charge in [0.15, 0.2) is 0 Å². The highest BCUT2D eigenvalue weighted by molar-refractivity contribution is 7.10.